The number of rotatable bonds is 38. The molecule has 0 heterocycles. The Bertz CT molecular complexity index is 1310. The zero-order chi connectivity index (χ0) is 41.9. The van der Waals surface area contributed by atoms with E-state index in [1.165, 1.54) is 0 Å². The van der Waals surface area contributed by atoms with Crippen LogP contribution in [-0.4, -0.2) is 60.5 Å². The van der Waals surface area contributed by atoms with Crippen LogP contribution in [0.25, 0.3) is 0 Å². The predicted octanol–water partition coefficient (Wildman–Crippen LogP) is 11.5. The highest BCUT2D eigenvalue weighted by atomic mass is 31.2. The fraction of sp³-hybridized carbons (Fsp3) is 0.565. The van der Waals surface area contributed by atoms with Gasteiger partial charge in [0.1, 0.15) is 12.1 Å². The summed E-state index contributed by atoms with van der Waals surface area (Å²) in [4.78, 5) is 33.5. The van der Waals surface area contributed by atoms with Gasteiger partial charge < -0.3 is 25.2 Å². The summed E-state index contributed by atoms with van der Waals surface area (Å²) in [6.07, 6.45) is 54.3. The Labute approximate surface area is 344 Å². The molecule has 0 bridgehead atoms. The molecule has 0 radical (unpaired) electrons. The lowest BCUT2D eigenvalue weighted by Gasteiger charge is -2.20. The van der Waals surface area contributed by atoms with Gasteiger partial charge in [0.15, 0.2) is 0 Å². The highest BCUT2D eigenvalue weighted by Crippen LogP contribution is 2.43. The minimum atomic E-state index is -4.64. The normalized spacial score (nSPS) is 15.0. The van der Waals surface area contributed by atoms with Crippen molar-refractivity contribution in [2.45, 2.75) is 142 Å². The molecule has 3 atom stereocenters. The van der Waals surface area contributed by atoms with Crippen LogP contribution < -0.4 is 5.73 Å². The number of carboxylic acids is 1. The number of nitrogens with two attached hydrogens (primary N) is 1. The first-order valence-corrected chi connectivity index (χ1v) is 22.4. The molecule has 0 spiro atoms. The van der Waals surface area contributed by atoms with E-state index in [1.807, 2.05) is 0 Å². The van der Waals surface area contributed by atoms with Crippen molar-refractivity contribution in [1.29, 1.82) is 0 Å². The maximum atomic E-state index is 12.6. The van der Waals surface area contributed by atoms with Gasteiger partial charge in [0.25, 0.3) is 0 Å². The summed E-state index contributed by atoms with van der Waals surface area (Å²) in [5, 5.41) is 8.89. The number of phosphoric acid groups is 1. The number of carboxylic acid groups (broad SMARTS) is 1. The van der Waals surface area contributed by atoms with Crippen molar-refractivity contribution in [3.05, 3.63) is 109 Å². The molecule has 0 aromatic heterocycles. The van der Waals surface area contributed by atoms with E-state index in [4.69, 9.17) is 29.4 Å². The Kier molecular flexibility index (Phi) is 38.4. The maximum Gasteiger partial charge on any atom is 0.472 e. The topological polar surface area (TPSA) is 155 Å². The number of hydrogen-bond donors (Lipinski definition) is 3. The molecule has 0 aromatic rings. The molecule has 0 amide bonds. The van der Waals surface area contributed by atoms with Crippen LogP contribution in [0.15, 0.2) is 109 Å². The highest BCUT2D eigenvalue weighted by molar-refractivity contribution is 7.47. The zero-order valence-electron chi connectivity index (χ0n) is 34.9. The third-order valence-corrected chi connectivity index (χ3v) is 9.00. The second-order valence-electron chi connectivity index (χ2n) is 13.3. The molecule has 322 valence electrons. The van der Waals surface area contributed by atoms with Crippen molar-refractivity contribution in [1.82, 2.24) is 0 Å². The van der Waals surface area contributed by atoms with Gasteiger partial charge in [-0.2, -0.15) is 0 Å². The minimum absolute atomic E-state index is 0.0244. The predicted molar refractivity (Wildman–Crippen MR) is 235 cm³/mol. The van der Waals surface area contributed by atoms with E-state index in [0.29, 0.717) is 13.0 Å². The number of aliphatic carboxylic acids is 1. The van der Waals surface area contributed by atoms with Gasteiger partial charge in [-0.3, -0.25) is 18.6 Å². The summed E-state index contributed by atoms with van der Waals surface area (Å²) in [6.45, 7) is 3.50. The molecule has 3 unspecified atom stereocenters. The van der Waals surface area contributed by atoms with E-state index in [2.05, 4.69) is 123 Å². The maximum absolute atomic E-state index is 12.6. The van der Waals surface area contributed by atoms with Gasteiger partial charge in [-0.05, 0) is 96.3 Å². The van der Waals surface area contributed by atoms with E-state index >= 15 is 0 Å². The second-order valence-corrected chi connectivity index (χ2v) is 14.8. The monoisotopic (exact) mass is 816 g/mol. The number of carbonyl (C=O) groups excluding carboxylic acids is 1. The molecule has 0 aromatic carbocycles. The van der Waals surface area contributed by atoms with Crippen molar-refractivity contribution < 1.29 is 42.7 Å². The molecule has 0 rings (SSSR count). The fourth-order valence-electron chi connectivity index (χ4n) is 4.85. The number of ether oxygens (including phenoxy) is 2. The van der Waals surface area contributed by atoms with Crippen molar-refractivity contribution in [2.24, 2.45) is 5.73 Å². The first-order chi connectivity index (χ1) is 27.7. The van der Waals surface area contributed by atoms with Gasteiger partial charge in [-0.25, -0.2) is 4.57 Å². The zero-order valence-corrected chi connectivity index (χ0v) is 35.8. The van der Waals surface area contributed by atoms with Crippen LogP contribution >= 0.6 is 7.82 Å². The van der Waals surface area contributed by atoms with Crippen LogP contribution in [0.5, 0.6) is 0 Å². The number of allylic oxidation sites excluding steroid dienone is 18. The number of unbranched alkanes of at least 4 members (excludes halogenated alkanes) is 6. The lowest BCUT2D eigenvalue weighted by Crippen LogP contribution is -2.34. The quantitative estimate of drug-likeness (QED) is 0.0237. The van der Waals surface area contributed by atoms with Gasteiger partial charge >= 0.3 is 19.8 Å². The van der Waals surface area contributed by atoms with Gasteiger partial charge in [-0.1, -0.05) is 136 Å². The van der Waals surface area contributed by atoms with E-state index in [1.54, 1.807) is 0 Å². The Morgan fingerprint density at radius 3 is 1.42 bits per heavy atom. The molecule has 0 saturated carbocycles. The van der Waals surface area contributed by atoms with Gasteiger partial charge in [-0.15, -0.1) is 0 Å². The van der Waals surface area contributed by atoms with Crippen LogP contribution in [0, 0.1) is 0 Å². The molecule has 4 N–H and O–H groups in total. The molecule has 10 nitrogen and oxygen atoms in total. The summed E-state index contributed by atoms with van der Waals surface area (Å²) in [7, 11) is -4.64. The van der Waals surface area contributed by atoms with Crippen molar-refractivity contribution >= 4 is 19.8 Å². The molecule has 0 aliphatic rings. The third kappa shape index (κ3) is 40.6. The van der Waals surface area contributed by atoms with E-state index in [-0.39, 0.29) is 13.0 Å². The largest absolute Gasteiger partial charge is 0.480 e. The Morgan fingerprint density at radius 1 is 0.561 bits per heavy atom. The molecule has 0 saturated heterocycles. The number of esters is 1. The molecule has 57 heavy (non-hydrogen) atoms. The standard InChI is InChI=1S/C46H74NO9P/c1-3-5-7-9-11-13-15-17-19-20-21-22-23-24-25-26-28-30-32-34-36-38-45(48)56-43(41-54-57(51,52)55-42-44(47)46(49)50)40-53-39-37-35-33-31-29-27-18-16-14-12-10-8-6-4-2/h5-8,11-14,17-19,21-22,24-25,27-28,30,43-44H,3-4,9-10,15-16,20,23,26,29,31-42,47H2,1-2H3,(H,49,50)(H,51,52)/b7-5-,8-6-,13-11-,14-12-,19-17-,22-21-,25-24-,27-18-,30-28-. The summed E-state index contributed by atoms with van der Waals surface area (Å²) >= 11 is 0. The van der Waals surface area contributed by atoms with E-state index < -0.39 is 45.1 Å². The first kappa shape index (κ1) is 53.6. The highest BCUT2D eigenvalue weighted by Gasteiger charge is 2.27. The third-order valence-electron chi connectivity index (χ3n) is 8.05. The molecule has 11 heteroatoms. The second kappa shape index (κ2) is 40.8. The van der Waals surface area contributed by atoms with Crippen LogP contribution in [0.2, 0.25) is 0 Å². The van der Waals surface area contributed by atoms with E-state index in [9.17, 15) is 19.0 Å². The van der Waals surface area contributed by atoms with Gasteiger partial charge in [0, 0.05) is 13.0 Å². The average molecular weight is 816 g/mol. The summed E-state index contributed by atoms with van der Waals surface area (Å²) in [5.41, 5.74) is 5.34. The average Bonchev–Trinajstić information content (AvgIpc) is 3.19. The van der Waals surface area contributed by atoms with E-state index in [0.717, 1.165) is 103 Å². The lowest BCUT2D eigenvalue weighted by atomic mass is 10.1. The Morgan fingerprint density at radius 2 is 0.965 bits per heavy atom. The molecular weight excluding hydrogens is 741 g/mol. The molecule has 0 aliphatic carbocycles. The van der Waals surface area contributed by atoms with Crippen molar-refractivity contribution in [3.8, 4) is 0 Å². The van der Waals surface area contributed by atoms with Crippen LogP contribution in [0.3, 0.4) is 0 Å². The summed E-state index contributed by atoms with van der Waals surface area (Å²) in [5.74, 6) is -1.85. The van der Waals surface area contributed by atoms with Crippen LogP contribution in [0.1, 0.15) is 129 Å². The van der Waals surface area contributed by atoms with Crippen LogP contribution in [-0.2, 0) is 32.7 Å². The van der Waals surface area contributed by atoms with Crippen molar-refractivity contribution in [3.63, 3.8) is 0 Å². The van der Waals surface area contributed by atoms with Crippen molar-refractivity contribution in [2.75, 3.05) is 26.4 Å². The smallest absolute Gasteiger partial charge is 0.472 e. The first-order valence-electron chi connectivity index (χ1n) is 20.9. The Balaban J connectivity index is 4.41. The van der Waals surface area contributed by atoms with Gasteiger partial charge in [0.05, 0.1) is 19.8 Å². The summed E-state index contributed by atoms with van der Waals surface area (Å²) in [6, 6.07) is -1.49. The summed E-state index contributed by atoms with van der Waals surface area (Å²) < 4.78 is 33.2. The van der Waals surface area contributed by atoms with Gasteiger partial charge in [0.2, 0.25) is 0 Å². The fourth-order valence-corrected chi connectivity index (χ4v) is 5.63. The number of phosphoric ester groups is 1. The molecule has 0 fully saturated rings. The molecule has 0 aliphatic heterocycles. The van der Waals surface area contributed by atoms with Crippen LogP contribution in [0.4, 0.5) is 0 Å². The lowest BCUT2D eigenvalue weighted by molar-refractivity contribution is -0.154. The number of carbonyl (C=O) groups is 2. The number of hydrogen-bond acceptors (Lipinski definition) is 8. The minimum Gasteiger partial charge on any atom is -0.480 e. The SMILES string of the molecule is CC/C=C\C/C=C\C/C=C\C/C=C\C/C=C\C/C=C\CCCCC(=O)OC(COCCCCCC/C=C\C/C=C\C/C=C\CC)COP(=O)(O)OCC(N)C(=O)O. The molecular formula is C46H74NO9P. The Hall–Kier alpha value is -3.37.